The average molecular weight is 382 g/mol. The van der Waals surface area contributed by atoms with Crippen molar-refractivity contribution in [1.29, 1.82) is 0 Å². The van der Waals surface area contributed by atoms with Gasteiger partial charge in [-0.1, -0.05) is 12.1 Å². The number of halogens is 1. The minimum atomic E-state index is -0.364. The first kappa shape index (κ1) is 18.6. The molecule has 2 saturated heterocycles. The van der Waals surface area contributed by atoms with Crippen LogP contribution in [0.1, 0.15) is 12.1 Å². The number of anilines is 1. The van der Waals surface area contributed by atoms with E-state index in [2.05, 4.69) is 4.98 Å². The maximum absolute atomic E-state index is 13.7. The second-order valence-corrected chi connectivity index (χ2v) is 7.60. The number of piperazine rings is 1. The molecular formula is C21H23FN4O2. The summed E-state index contributed by atoms with van der Waals surface area (Å²) < 4.78 is 13.7. The molecule has 3 heterocycles. The summed E-state index contributed by atoms with van der Waals surface area (Å²) in [6.45, 7) is 1.88. The van der Waals surface area contributed by atoms with E-state index in [0.29, 0.717) is 25.3 Å². The van der Waals surface area contributed by atoms with Gasteiger partial charge in [-0.05, 0) is 43.8 Å². The molecule has 0 N–H and O–H groups in total. The molecule has 0 bridgehead atoms. The lowest BCUT2D eigenvalue weighted by molar-refractivity contribution is -0.130. The minimum absolute atomic E-state index is 0.0400. The van der Waals surface area contributed by atoms with E-state index < -0.39 is 0 Å². The van der Waals surface area contributed by atoms with Crippen molar-refractivity contribution >= 4 is 17.5 Å². The molecule has 0 aliphatic carbocycles. The van der Waals surface area contributed by atoms with Crippen LogP contribution in [0, 0.1) is 5.82 Å². The van der Waals surface area contributed by atoms with Gasteiger partial charge in [-0.3, -0.25) is 19.5 Å². The van der Waals surface area contributed by atoms with Gasteiger partial charge in [0.1, 0.15) is 5.82 Å². The Labute approximate surface area is 163 Å². The van der Waals surface area contributed by atoms with Crippen LogP contribution in [0.2, 0.25) is 0 Å². The first-order chi connectivity index (χ1) is 13.5. The molecule has 2 aliphatic rings. The first-order valence-electron chi connectivity index (χ1n) is 9.42. The number of amides is 2. The number of hydrogen-bond donors (Lipinski definition) is 0. The highest BCUT2D eigenvalue weighted by atomic mass is 19.1. The Hall–Kier alpha value is -2.80. The van der Waals surface area contributed by atoms with Crippen LogP contribution in [-0.2, 0) is 16.0 Å². The van der Waals surface area contributed by atoms with Crippen molar-refractivity contribution in [3.05, 3.63) is 60.2 Å². The highest BCUT2D eigenvalue weighted by Gasteiger charge is 2.48. The number of hydrogen-bond acceptors (Lipinski definition) is 4. The van der Waals surface area contributed by atoms with Gasteiger partial charge in [0.05, 0.1) is 18.5 Å². The zero-order valence-electron chi connectivity index (χ0n) is 15.8. The third kappa shape index (κ3) is 3.49. The lowest BCUT2D eigenvalue weighted by Crippen LogP contribution is -2.64. The third-order valence-electron chi connectivity index (χ3n) is 5.80. The zero-order chi connectivity index (χ0) is 19.7. The summed E-state index contributed by atoms with van der Waals surface area (Å²) in [5, 5.41) is 0. The van der Waals surface area contributed by atoms with E-state index in [-0.39, 0.29) is 36.1 Å². The Bertz CT molecular complexity index is 891. The van der Waals surface area contributed by atoms with Gasteiger partial charge in [-0.2, -0.15) is 0 Å². The Morgan fingerprint density at radius 1 is 1.21 bits per heavy atom. The molecule has 2 fully saturated rings. The summed E-state index contributed by atoms with van der Waals surface area (Å²) in [5.74, 6) is -0.382. The van der Waals surface area contributed by atoms with Gasteiger partial charge in [-0.15, -0.1) is 0 Å². The second-order valence-electron chi connectivity index (χ2n) is 7.60. The fourth-order valence-electron chi connectivity index (χ4n) is 4.12. The molecule has 1 atom stereocenters. The predicted octanol–water partition coefficient (Wildman–Crippen LogP) is 1.71. The number of likely N-dealkylation sites (tertiary alicyclic amines) is 1. The number of nitrogens with zero attached hydrogens (tertiary/aromatic N) is 4. The van der Waals surface area contributed by atoms with E-state index in [0.717, 1.165) is 12.1 Å². The number of aromatic nitrogens is 1. The van der Waals surface area contributed by atoms with E-state index in [1.807, 2.05) is 35.0 Å². The lowest BCUT2D eigenvalue weighted by Gasteiger charge is -2.46. The zero-order valence-corrected chi connectivity index (χ0v) is 15.8. The van der Waals surface area contributed by atoms with E-state index in [4.69, 9.17) is 0 Å². The average Bonchev–Trinajstić information content (AvgIpc) is 3.11. The number of carbonyl (C=O) groups is 2. The van der Waals surface area contributed by atoms with Gasteiger partial charge in [0.25, 0.3) is 0 Å². The van der Waals surface area contributed by atoms with Gasteiger partial charge < -0.3 is 9.80 Å². The molecule has 1 spiro atoms. The quantitative estimate of drug-likeness (QED) is 0.811. The number of likely N-dealkylation sites (N-methyl/N-ethyl adjacent to an activating group) is 1. The van der Waals surface area contributed by atoms with Gasteiger partial charge in [0.2, 0.25) is 11.8 Å². The predicted molar refractivity (Wildman–Crippen MR) is 103 cm³/mol. The molecule has 146 valence electrons. The molecule has 1 aromatic carbocycles. The standard InChI is InChI=1S/C21H23FN4O2/c1-24-13-20(28)26(18-7-4-5-16(22)11-18)15-21(24)8-10-25(14-21)19(27)12-17-6-2-3-9-23-17/h2-7,9,11H,8,10,12-15H2,1H3. The molecule has 28 heavy (non-hydrogen) atoms. The molecule has 0 saturated carbocycles. The van der Waals surface area contributed by atoms with Gasteiger partial charge >= 0.3 is 0 Å². The molecule has 7 heteroatoms. The molecule has 0 radical (unpaired) electrons. The number of pyridine rings is 1. The summed E-state index contributed by atoms with van der Waals surface area (Å²) in [7, 11) is 1.92. The van der Waals surface area contributed by atoms with Crippen molar-refractivity contribution in [3.63, 3.8) is 0 Å². The van der Waals surface area contributed by atoms with Crippen molar-refractivity contribution in [1.82, 2.24) is 14.8 Å². The smallest absolute Gasteiger partial charge is 0.241 e. The highest BCUT2D eigenvalue weighted by Crippen LogP contribution is 2.33. The van der Waals surface area contributed by atoms with Gasteiger partial charge in [0.15, 0.2) is 0 Å². The Kier molecular flexibility index (Phi) is 4.85. The van der Waals surface area contributed by atoms with Crippen LogP contribution in [0.3, 0.4) is 0 Å². The lowest BCUT2D eigenvalue weighted by atomic mass is 9.92. The van der Waals surface area contributed by atoms with Gasteiger partial charge in [-0.25, -0.2) is 4.39 Å². The van der Waals surface area contributed by atoms with E-state index in [1.165, 1.54) is 12.1 Å². The van der Waals surface area contributed by atoms with Crippen molar-refractivity contribution in [2.24, 2.45) is 0 Å². The van der Waals surface area contributed by atoms with Crippen molar-refractivity contribution in [3.8, 4) is 0 Å². The van der Waals surface area contributed by atoms with Gasteiger partial charge in [0, 0.05) is 37.2 Å². The molecule has 6 nitrogen and oxygen atoms in total. The largest absolute Gasteiger partial charge is 0.340 e. The fourth-order valence-corrected chi connectivity index (χ4v) is 4.12. The Morgan fingerprint density at radius 2 is 2.07 bits per heavy atom. The first-order valence-corrected chi connectivity index (χ1v) is 9.42. The van der Waals surface area contributed by atoms with Crippen LogP contribution in [0.4, 0.5) is 10.1 Å². The summed E-state index contributed by atoms with van der Waals surface area (Å²) in [6.07, 6.45) is 2.73. The van der Waals surface area contributed by atoms with Crippen LogP contribution in [0.15, 0.2) is 48.7 Å². The maximum atomic E-state index is 13.7. The number of carbonyl (C=O) groups excluding carboxylic acids is 2. The molecule has 4 rings (SSSR count). The van der Waals surface area contributed by atoms with E-state index >= 15 is 0 Å². The maximum Gasteiger partial charge on any atom is 0.241 e. The molecule has 2 aromatic rings. The van der Waals surface area contributed by atoms with Crippen LogP contribution in [0.25, 0.3) is 0 Å². The van der Waals surface area contributed by atoms with Crippen LogP contribution in [0.5, 0.6) is 0 Å². The van der Waals surface area contributed by atoms with Crippen molar-refractivity contribution < 1.29 is 14.0 Å². The SMILES string of the molecule is CN1CC(=O)N(c2cccc(F)c2)CC12CCN(C(=O)Cc1ccccn1)C2. The minimum Gasteiger partial charge on any atom is -0.340 e. The van der Waals surface area contributed by atoms with Crippen molar-refractivity contribution in [2.45, 2.75) is 18.4 Å². The second kappa shape index (κ2) is 7.31. The van der Waals surface area contributed by atoms with Crippen LogP contribution < -0.4 is 4.90 Å². The third-order valence-corrected chi connectivity index (χ3v) is 5.80. The van der Waals surface area contributed by atoms with Crippen LogP contribution in [-0.4, -0.2) is 65.4 Å². The molecule has 1 unspecified atom stereocenters. The molecule has 2 aliphatic heterocycles. The highest BCUT2D eigenvalue weighted by molar-refractivity contribution is 5.96. The normalized spacial score (nSPS) is 22.9. The van der Waals surface area contributed by atoms with E-state index in [9.17, 15) is 14.0 Å². The van der Waals surface area contributed by atoms with Crippen LogP contribution >= 0.6 is 0 Å². The molecule has 1 aromatic heterocycles. The topological polar surface area (TPSA) is 56.8 Å². The number of benzene rings is 1. The molecular weight excluding hydrogens is 359 g/mol. The monoisotopic (exact) mass is 382 g/mol. The summed E-state index contributed by atoms with van der Waals surface area (Å²) >= 11 is 0. The number of rotatable bonds is 3. The van der Waals surface area contributed by atoms with E-state index in [1.54, 1.807) is 23.2 Å². The Balaban J connectivity index is 1.50. The Morgan fingerprint density at radius 3 is 2.82 bits per heavy atom. The fraction of sp³-hybridized carbons (Fsp3) is 0.381. The van der Waals surface area contributed by atoms with Crippen molar-refractivity contribution in [2.75, 3.05) is 38.1 Å². The summed E-state index contributed by atoms with van der Waals surface area (Å²) in [4.78, 5) is 35.1. The summed E-state index contributed by atoms with van der Waals surface area (Å²) in [6, 6.07) is 11.7. The molecule has 2 amide bonds. The summed E-state index contributed by atoms with van der Waals surface area (Å²) in [5.41, 5.74) is 0.998.